The van der Waals surface area contributed by atoms with Crippen molar-refractivity contribution >= 4 is 0 Å². The summed E-state index contributed by atoms with van der Waals surface area (Å²) in [7, 11) is 2.00. The molecule has 2 unspecified atom stereocenters. The molecule has 0 radical (unpaired) electrons. The summed E-state index contributed by atoms with van der Waals surface area (Å²) in [5.74, 6) is 0.973. The molecule has 0 fully saturated rings. The van der Waals surface area contributed by atoms with Gasteiger partial charge in [-0.3, -0.25) is 0 Å². The van der Waals surface area contributed by atoms with E-state index in [1.54, 1.807) is 0 Å². The number of hydrogen-bond acceptors (Lipinski definition) is 2. The molecule has 17 heavy (non-hydrogen) atoms. The van der Waals surface area contributed by atoms with E-state index in [9.17, 15) is 0 Å². The molecule has 96 valence electrons. The van der Waals surface area contributed by atoms with Gasteiger partial charge in [-0.25, -0.2) is 0 Å². The number of hydrogen-bond donors (Lipinski definition) is 1. The topological polar surface area (TPSA) is 21.3 Å². The van der Waals surface area contributed by atoms with E-state index >= 15 is 0 Å². The van der Waals surface area contributed by atoms with Gasteiger partial charge in [0.1, 0.15) is 5.75 Å². The van der Waals surface area contributed by atoms with Gasteiger partial charge in [0, 0.05) is 6.04 Å². The summed E-state index contributed by atoms with van der Waals surface area (Å²) in [6.07, 6.45) is 3.67. The third kappa shape index (κ3) is 4.39. The third-order valence-electron chi connectivity index (χ3n) is 3.07. The molecule has 0 saturated heterocycles. The lowest BCUT2D eigenvalue weighted by Crippen LogP contribution is -2.15. The smallest absolute Gasteiger partial charge is 0.119 e. The van der Waals surface area contributed by atoms with Crippen molar-refractivity contribution in [3.63, 3.8) is 0 Å². The zero-order valence-corrected chi connectivity index (χ0v) is 11.5. The minimum Gasteiger partial charge on any atom is -0.491 e. The monoisotopic (exact) mass is 235 g/mol. The lowest BCUT2D eigenvalue weighted by Gasteiger charge is -2.17. The van der Waals surface area contributed by atoms with E-state index in [-0.39, 0.29) is 0 Å². The van der Waals surface area contributed by atoms with Crippen LogP contribution in [0.2, 0.25) is 0 Å². The summed E-state index contributed by atoms with van der Waals surface area (Å²) in [4.78, 5) is 0. The minimum atomic E-state index is 0.303. The van der Waals surface area contributed by atoms with Crippen molar-refractivity contribution in [2.75, 3.05) is 7.05 Å². The second-order valence-corrected chi connectivity index (χ2v) is 4.54. The van der Waals surface area contributed by atoms with Crippen molar-refractivity contribution in [3.8, 4) is 5.75 Å². The fourth-order valence-electron chi connectivity index (χ4n) is 2.08. The standard InChI is InChI=1S/C15H25NO/c1-5-7-12(3)17-14-10-8-13(9-11-14)15(6-2)16-4/h8-12,15-16H,5-7H2,1-4H3. The maximum Gasteiger partial charge on any atom is 0.119 e. The molecule has 1 N–H and O–H groups in total. The average Bonchev–Trinajstić information content (AvgIpc) is 2.33. The first-order valence-corrected chi connectivity index (χ1v) is 6.65. The van der Waals surface area contributed by atoms with E-state index in [1.165, 1.54) is 5.56 Å². The Hall–Kier alpha value is -1.02. The molecular weight excluding hydrogens is 210 g/mol. The van der Waals surface area contributed by atoms with Gasteiger partial charge in [-0.1, -0.05) is 32.4 Å². The normalized spacial score (nSPS) is 14.4. The molecule has 0 saturated carbocycles. The van der Waals surface area contributed by atoms with Crippen LogP contribution in [-0.2, 0) is 0 Å². The van der Waals surface area contributed by atoms with Crippen LogP contribution < -0.4 is 10.1 Å². The van der Waals surface area contributed by atoms with Crippen LogP contribution in [0.4, 0.5) is 0 Å². The fourth-order valence-corrected chi connectivity index (χ4v) is 2.08. The molecule has 0 amide bonds. The van der Waals surface area contributed by atoms with Crippen molar-refractivity contribution in [2.45, 2.75) is 52.2 Å². The summed E-state index contributed by atoms with van der Waals surface area (Å²) in [5, 5.41) is 3.31. The zero-order chi connectivity index (χ0) is 12.7. The van der Waals surface area contributed by atoms with Crippen LogP contribution in [0, 0.1) is 0 Å². The Morgan fingerprint density at radius 1 is 1.18 bits per heavy atom. The van der Waals surface area contributed by atoms with Crippen molar-refractivity contribution in [1.29, 1.82) is 0 Å². The number of nitrogens with one attached hydrogen (secondary N) is 1. The maximum atomic E-state index is 5.84. The Morgan fingerprint density at radius 2 is 1.82 bits per heavy atom. The predicted octanol–water partition coefficient (Wildman–Crippen LogP) is 3.92. The molecular formula is C15H25NO. The van der Waals surface area contributed by atoms with Gasteiger partial charge in [-0.15, -0.1) is 0 Å². The Bertz CT molecular complexity index is 303. The van der Waals surface area contributed by atoms with Crippen LogP contribution in [-0.4, -0.2) is 13.2 Å². The highest BCUT2D eigenvalue weighted by Crippen LogP contribution is 2.21. The van der Waals surface area contributed by atoms with Crippen LogP contribution in [0.15, 0.2) is 24.3 Å². The van der Waals surface area contributed by atoms with Crippen LogP contribution >= 0.6 is 0 Å². The largest absolute Gasteiger partial charge is 0.491 e. The van der Waals surface area contributed by atoms with Crippen LogP contribution in [0.25, 0.3) is 0 Å². The van der Waals surface area contributed by atoms with Crippen LogP contribution in [0.3, 0.4) is 0 Å². The Balaban J connectivity index is 2.61. The second kappa shape index (κ2) is 7.33. The molecule has 2 atom stereocenters. The molecule has 2 nitrogen and oxygen atoms in total. The van der Waals surface area contributed by atoms with Gasteiger partial charge in [0.2, 0.25) is 0 Å². The highest BCUT2D eigenvalue weighted by atomic mass is 16.5. The number of rotatable bonds is 7. The lowest BCUT2D eigenvalue weighted by atomic mass is 10.0. The molecule has 1 aromatic carbocycles. The summed E-state index contributed by atoms with van der Waals surface area (Å²) >= 11 is 0. The molecule has 0 aliphatic rings. The second-order valence-electron chi connectivity index (χ2n) is 4.54. The Morgan fingerprint density at radius 3 is 2.29 bits per heavy atom. The Labute approximate surface area is 105 Å². The number of benzene rings is 1. The van der Waals surface area contributed by atoms with Crippen molar-refractivity contribution in [1.82, 2.24) is 5.32 Å². The first-order valence-electron chi connectivity index (χ1n) is 6.65. The average molecular weight is 235 g/mol. The van der Waals surface area contributed by atoms with Crippen molar-refractivity contribution in [2.24, 2.45) is 0 Å². The lowest BCUT2D eigenvalue weighted by molar-refractivity contribution is 0.210. The summed E-state index contributed by atoms with van der Waals surface area (Å²) < 4.78 is 5.84. The van der Waals surface area contributed by atoms with E-state index in [0.717, 1.165) is 25.0 Å². The van der Waals surface area contributed by atoms with Crippen molar-refractivity contribution in [3.05, 3.63) is 29.8 Å². The molecule has 0 aliphatic heterocycles. The summed E-state index contributed by atoms with van der Waals surface area (Å²) in [5.41, 5.74) is 1.32. The van der Waals surface area contributed by atoms with E-state index in [2.05, 4.69) is 50.4 Å². The van der Waals surface area contributed by atoms with Crippen LogP contribution in [0.5, 0.6) is 5.75 Å². The maximum absolute atomic E-state index is 5.84. The first-order chi connectivity index (χ1) is 8.21. The third-order valence-corrected chi connectivity index (χ3v) is 3.07. The molecule has 0 aromatic heterocycles. The first kappa shape index (κ1) is 14.0. The van der Waals surface area contributed by atoms with Gasteiger partial charge < -0.3 is 10.1 Å². The molecule has 1 aromatic rings. The summed E-state index contributed by atoms with van der Waals surface area (Å²) in [6.45, 7) is 6.50. The Kier molecular flexibility index (Phi) is 6.06. The molecule has 0 heterocycles. The molecule has 0 bridgehead atoms. The highest BCUT2D eigenvalue weighted by molar-refractivity contribution is 5.29. The molecule has 0 spiro atoms. The van der Waals surface area contributed by atoms with E-state index in [4.69, 9.17) is 4.74 Å². The summed E-state index contributed by atoms with van der Waals surface area (Å²) in [6, 6.07) is 8.89. The van der Waals surface area contributed by atoms with Crippen LogP contribution in [0.1, 0.15) is 51.6 Å². The molecule has 1 rings (SSSR count). The van der Waals surface area contributed by atoms with Gasteiger partial charge in [0.15, 0.2) is 0 Å². The predicted molar refractivity (Wildman–Crippen MR) is 73.5 cm³/mol. The van der Waals surface area contributed by atoms with Gasteiger partial charge >= 0.3 is 0 Å². The van der Waals surface area contributed by atoms with Gasteiger partial charge in [0.25, 0.3) is 0 Å². The van der Waals surface area contributed by atoms with Gasteiger partial charge in [0.05, 0.1) is 6.10 Å². The molecule has 2 heteroatoms. The quantitative estimate of drug-likeness (QED) is 0.773. The number of ether oxygens (including phenoxy) is 1. The van der Waals surface area contributed by atoms with E-state index < -0.39 is 0 Å². The van der Waals surface area contributed by atoms with Crippen molar-refractivity contribution < 1.29 is 4.74 Å². The van der Waals surface area contributed by atoms with Gasteiger partial charge in [-0.2, -0.15) is 0 Å². The van der Waals surface area contributed by atoms with E-state index in [0.29, 0.717) is 12.1 Å². The highest BCUT2D eigenvalue weighted by Gasteiger charge is 2.07. The molecule has 0 aliphatic carbocycles. The van der Waals surface area contributed by atoms with E-state index in [1.807, 2.05) is 7.05 Å². The SMILES string of the molecule is CCCC(C)Oc1ccc(C(CC)NC)cc1. The zero-order valence-electron chi connectivity index (χ0n) is 11.5. The fraction of sp³-hybridized carbons (Fsp3) is 0.600. The minimum absolute atomic E-state index is 0.303. The van der Waals surface area contributed by atoms with Gasteiger partial charge in [-0.05, 0) is 44.5 Å².